The van der Waals surface area contributed by atoms with E-state index in [-0.39, 0.29) is 0 Å². The van der Waals surface area contributed by atoms with E-state index in [1.165, 1.54) is 0 Å². The SMILES string of the molecule is c1ccc(/N=N/C(=N\Nc2cnccn2)c2ccncc2)cc1. The lowest BCUT2D eigenvalue weighted by Gasteiger charge is -2.02. The van der Waals surface area contributed by atoms with Gasteiger partial charge in [-0.25, -0.2) is 4.98 Å². The van der Waals surface area contributed by atoms with Gasteiger partial charge in [-0.15, -0.1) is 10.2 Å². The molecule has 0 saturated heterocycles. The summed E-state index contributed by atoms with van der Waals surface area (Å²) < 4.78 is 0. The molecule has 0 atom stereocenters. The quantitative estimate of drug-likeness (QED) is 0.346. The molecular formula is C16H13N7. The molecule has 3 aromatic rings. The zero-order valence-electron chi connectivity index (χ0n) is 12.1. The van der Waals surface area contributed by atoms with E-state index in [2.05, 4.69) is 35.7 Å². The number of pyridine rings is 1. The predicted molar refractivity (Wildman–Crippen MR) is 87.4 cm³/mol. The van der Waals surface area contributed by atoms with Crippen LogP contribution >= 0.6 is 0 Å². The third-order valence-electron chi connectivity index (χ3n) is 2.79. The molecule has 1 aromatic carbocycles. The Morgan fingerprint density at radius 3 is 2.43 bits per heavy atom. The van der Waals surface area contributed by atoms with Crippen LogP contribution in [0.15, 0.2) is 88.8 Å². The molecule has 0 bridgehead atoms. The molecule has 0 fully saturated rings. The third kappa shape index (κ3) is 4.24. The van der Waals surface area contributed by atoms with Crippen LogP contribution in [0.2, 0.25) is 0 Å². The number of aromatic nitrogens is 3. The average Bonchev–Trinajstić information content (AvgIpc) is 2.64. The minimum Gasteiger partial charge on any atom is -0.265 e. The van der Waals surface area contributed by atoms with Gasteiger partial charge in [-0.2, -0.15) is 5.10 Å². The summed E-state index contributed by atoms with van der Waals surface area (Å²) in [4.78, 5) is 12.1. The number of amidine groups is 1. The minimum absolute atomic E-state index is 0.418. The number of nitrogens with zero attached hydrogens (tertiary/aromatic N) is 6. The monoisotopic (exact) mass is 303 g/mol. The summed E-state index contributed by atoms with van der Waals surface area (Å²) in [6.07, 6.45) is 8.08. The Hall–Kier alpha value is -3.48. The molecule has 0 aliphatic heterocycles. The van der Waals surface area contributed by atoms with Gasteiger partial charge in [-0.3, -0.25) is 15.4 Å². The summed E-state index contributed by atoms with van der Waals surface area (Å²) in [5, 5.41) is 12.7. The molecule has 0 saturated carbocycles. The fraction of sp³-hybridized carbons (Fsp3) is 0. The van der Waals surface area contributed by atoms with E-state index in [1.807, 2.05) is 30.3 Å². The second-order valence-corrected chi connectivity index (χ2v) is 4.41. The molecule has 0 radical (unpaired) electrons. The maximum Gasteiger partial charge on any atom is 0.201 e. The molecule has 2 aromatic heterocycles. The summed E-state index contributed by atoms with van der Waals surface area (Å²) in [7, 11) is 0. The molecule has 7 heteroatoms. The number of hydrogen-bond acceptors (Lipinski definition) is 6. The van der Waals surface area contributed by atoms with Crippen molar-refractivity contribution in [1.29, 1.82) is 0 Å². The van der Waals surface area contributed by atoms with Crippen LogP contribution in [-0.4, -0.2) is 20.8 Å². The maximum atomic E-state index is 4.26. The largest absolute Gasteiger partial charge is 0.265 e. The summed E-state index contributed by atoms with van der Waals surface area (Å²) >= 11 is 0. The molecule has 1 N–H and O–H groups in total. The van der Waals surface area contributed by atoms with Crippen molar-refractivity contribution in [2.75, 3.05) is 5.43 Å². The van der Waals surface area contributed by atoms with Crippen LogP contribution in [0.1, 0.15) is 5.56 Å². The van der Waals surface area contributed by atoms with Gasteiger partial charge in [0.1, 0.15) is 0 Å². The van der Waals surface area contributed by atoms with Gasteiger partial charge in [0.15, 0.2) is 5.82 Å². The summed E-state index contributed by atoms with van der Waals surface area (Å²) in [6, 6.07) is 13.1. The van der Waals surface area contributed by atoms with Crippen LogP contribution in [0.3, 0.4) is 0 Å². The highest BCUT2D eigenvalue weighted by Crippen LogP contribution is 2.12. The van der Waals surface area contributed by atoms with Crippen LogP contribution in [0.25, 0.3) is 0 Å². The second kappa shape index (κ2) is 7.51. The molecule has 23 heavy (non-hydrogen) atoms. The Balaban J connectivity index is 1.86. The van der Waals surface area contributed by atoms with Gasteiger partial charge in [0.2, 0.25) is 5.84 Å². The van der Waals surface area contributed by atoms with E-state index in [9.17, 15) is 0 Å². The Kier molecular flexibility index (Phi) is 4.72. The highest BCUT2D eigenvalue weighted by molar-refractivity contribution is 5.99. The number of hydrazone groups is 1. The van der Waals surface area contributed by atoms with E-state index in [0.29, 0.717) is 11.7 Å². The molecule has 2 heterocycles. The molecule has 0 spiro atoms. The van der Waals surface area contributed by atoms with E-state index < -0.39 is 0 Å². The first-order valence-electron chi connectivity index (χ1n) is 6.89. The fourth-order valence-electron chi connectivity index (χ4n) is 1.71. The zero-order chi connectivity index (χ0) is 15.7. The molecule has 3 rings (SSSR count). The smallest absolute Gasteiger partial charge is 0.201 e. The van der Waals surface area contributed by atoms with E-state index in [4.69, 9.17) is 0 Å². The number of nitrogens with one attached hydrogen (secondary N) is 1. The number of benzene rings is 1. The summed E-state index contributed by atoms with van der Waals surface area (Å²) in [5.41, 5.74) is 4.35. The van der Waals surface area contributed by atoms with Crippen molar-refractivity contribution >= 4 is 17.3 Å². The number of anilines is 1. The van der Waals surface area contributed by atoms with Crippen molar-refractivity contribution in [3.05, 3.63) is 79.0 Å². The van der Waals surface area contributed by atoms with E-state index >= 15 is 0 Å². The van der Waals surface area contributed by atoms with Crippen LogP contribution in [0.4, 0.5) is 11.5 Å². The topological polar surface area (TPSA) is 87.8 Å². The summed E-state index contributed by atoms with van der Waals surface area (Å²) in [6.45, 7) is 0. The highest BCUT2D eigenvalue weighted by atomic mass is 15.4. The number of rotatable bonds is 4. The molecule has 0 aliphatic carbocycles. The van der Waals surface area contributed by atoms with E-state index in [0.717, 1.165) is 11.3 Å². The van der Waals surface area contributed by atoms with Crippen LogP contribution in [0, 0.1) is 0 Å². The molecule has 7 nitrogen and oxygen atoms in total. The Labute approximate surface area is 132 Å². The van der Waals surface area contributed by atoms with Crippen molar-refractivity contribution in [2.24, 2.45) is 15.3 Å². The number of azo groups is 1. The maximum absolute atomic E-state index is 4.26. The predicted octanol–water partition coefficient (Wildman–Crippen LogP) is 3.43. The lowest BCUT2D eigenvalue weighted by atomic mass is 10.2. The van der Waals surface area contributed by atoms with Gasteiger partial charge in [-0.1, -0.05) is 18.2 Å². The van der Waals surface area contributed by atoms with Gasteiger partial charge in [-0.05, 0) is 24.3 Å². The molecule has 0 unspecified atom stereocenters. The highest BCUT2D eigenvalue weighted by Gasteiger charge is 2.02. The third-order valence-corrected chi connectivity index (χ3v) is 2.79. The van der Waals surface area contributed by atoms with Crippen molar-refractivity contribution < 1.29 is 0 Å². The van der Waals surface area contributed by atoms with Gasteiger partial charge < -0.3 is 0 Å². The molecule has 0 aliphatic rings. The first kappa shape index (κ1) is 14.5. The van der Waals surface area contributed by atoms with E-state index in [1.54, 1.807) is 43.1 Å². The Bertz CT molecular complexity index is 786. The molecular weight excluding hydrogens is 290 g/mol. The van der Waals surface area contributed by atoms with Crippen LogP contribution < -0.4 is 5.43 Å². The van der Waals surface area contributed by atoms with Crippen molar-refractivity contribution in [2.45, 2.75) is 0 Å². The average molecular weight is 303 g/mol. The van der Waals surface area contributed by atoms with Gasteiger partial charge in [0.25, 0.3) is 0 Å². The zero-order valence-corrected chi connectivity index (χ0v) is 12.1. The standard InChI is InChI=1S/C16H13N7/c1-2-4-14(5-3-1)20-22-16(13-6-8-17-9-7-13)23-21-15-12-18-10-11-19-15/h1-12H,(H,19,21)/b22-20+,23-16-. The van der Waals surface area contributed by atoms with Crippen molar-refractivity contribution in [3.8, 4) is 0 Å². The minimum atomic E-state index is 0.418. The molecule has 112 valence electrons. The first-order valence-corrected chi connectivity index (χ1v) is 6.89. The van der Waals surface area contributed by atoms with Gasteiger partial charge >= 0.3 is 0 Å². The lowest BCUT2D eigenvalue weighted by molar-refractivity contribution is 1.14. The normalized spacial score (nSPS) is 11.6. The molecule has 0 amide bonds. The van der Waals surface area contributed by atoms with Gasteiger partial charge in [0.05, 0.1) is 11.9 Å². The number of hydrogen-bond donors (Lipinski definition) is 1. The van der Waals surface area contributed by atoms with Crippen LogP contribution in [-0.2, 0) is 0 Å². The first-order chi connectivity index (χ1) is 11.4. The lowest BCUT2D eigenvalue weighted by Crippen LogP contribution is -2.02. The fourth-order valence-corrected chi connectivity index (χ4v) is 1.71. The van der Waals surface area contributed by atoms with Crippen molar-refractivity contribution in [3.63, 3.8) is 0 Å². The van der Waals surface area contributed by atoms with Gasteiger partial charge in [0, 0.05) is 30.4 Å². The second-order valence-electron chi connectivity index (χ2n) is 4.41. The summed E-state index contributed by atoms with van der Waals surface area (Å²) in [5.74, 6) is 0.941. The Morgan fingerprint density at radius 2 is 1.70 bits per heavy atom. The Morgan fingerprint density at radius 1 is 0.870 bits per heavy atom. The van der Waals surface area contributed by atoms with Crippen LogP contribution in [0.5, 0.6) is 0 Å². The van der Waals surface area contributed by atoms with Crippen molar-refractivity contribution in [1.82, 2.24) is 15.0 Å².